The third-order valence-corrected chi connectivity index (χ3v) is 6.18. The normalized spacial score (nSPS) is 14.4. The van der Waals surface area contributed by atoms with E-state index in [4.69, 9.17) is 5.73 Å². The second-order valence-corrected chi connectivity index (χ2v) is 8.06. The van der Waals surface area contributed by atoms with Gasteiger partial charge in [-0.05, 0) is 24.7 Å². The number of nitrogen functional groups attached to an aromatic ring is 1. The summed E-state index contributed by atoms with van der Waals surface area (Å²) >= 11 is 1.58. The first-order valence-electron chi connectivity index (χ1n) is 9.99. The van der Waals surface area contributed by atoms with Crippen LogP contribution in [0, 0.1) is 11.8 Å². The van der Waals surface area contributed by atoms with Crippen molar-refractivity contribution in [3.63, 3.8) is 0 Å². The summed E-state index contributed by atoms with van der Waals surface area (Å²) < 4.78 is 1.10. The molecule has 1 aliphatic rings. The molecule has 1 fully saturated rings. The minimum atomic E-state index is -0.0642. The number of para-hydroxylation sites is 1. The molecule has 3 aromatic rings. The number of anilines is 1. The number of amides is 2. The van der Waals surface area contributed by atoms with Gasteiger partial charge >= 0.3 is 6.03 Å². The lowest BCUT2D eigenvalue weighted by Crippen LogP contribution is -2.51. The van der Waals surface area contributed by atoms with Gasteiger partial charge in [-0.25, -0.2) is 14.8 Å². The van der Waals surface area contributed by atoms with Gasteiger partial charge in [0.1, 0.15) is 10.8 Å². The van der Waals surface area contributed by atoms with Crippen LogP contribution < -0.4 is 11.1 Å². The van der Waals surface area contributed by atoms with E-state index in [0.29, 0.717) is 5.82 Å². The Morgan fingerprint density at radius 2 is 2.07 bits per heavy atom. The molecule has 1 saturated heterocycles. The number of urea groups is 1. The van der Waals surface area contributed by atoms with Gasteiger partial charge in [-0.1, -0.05) is 30.9 Å². The van der Waals surface area contributed by atoms with E-state index in [9.17, 15) is 4.79 Å². The van der Waals surface area contributed by atoms with E-state index < -0.39 is 0 Å². The van der Waals surface area contributed by atoms with Crippen LogP contribution in [-0.4, -0.2) is 65.1 Å². The van der Waals surface area contributed by atoms with E-state index in [0.717, 1.165) is 59.1 Å². The molecule has 0 unspecified atom stereocenters. The monoisotopic (exact) mass is 420 g/mol. The average Bonchev–Trinajstić information content (AvgIpc) is 3.21. The molecule has 0 saturated carbocycles. The zero-order chi connectivity index (χ0) is 20.9. The summed E-state index contributed by atoms with van der Waals surface area (Å²) in [4.78, 5) is 25.4. The summed E-state index contributed by atoms with van der Waals surface area (Å²) in [5.41, 5.74) is 8.54. The fourth-order valence-electron chi connectivity index (χ4n) is 3.35. The number of carbonyl (C=O) groups is 1. The van der Waals surface area contributed by atoms with Crippen LogP contribution in [0.1, 0.15) is 12.5 Å². The quantitative estimate of drug-likeness (QED) is 0.636. The molecule has 7 nitrogen and oxygen atoms in total. The van der Waals surface area contributed by atoms with Gasteiger partial charge in [-0.15, -0.1) is 11.3 Å². The maximum absolute atomic E-state index is 12.3. The average molecular weight is 421 g/mol. The molecule has 3 N–H and O–H groups in total. The number of fused-ring (bicyclic) bond motifs is 1. The van der Waals surface area contributed by atoms with Crippen LogP contribution >= 0.6 is 11.3 Å². The number of aromatic nitrogens is 2. The maximum Gasteiger partial charge on any atom is 0.318 e. The van der Waals surface area contributed by atoms with Crippen LogP contribution in [0.15, 0.2) is 36.5 Å². The molecular formula is C22H24N6OS. The Kier molecular flexibility index (Phi) is 6.12. The molecule has 8 heteroatoms. The van der Waals surface area contributed by atoms with Gasteiger partial charge < -0.3 is 20.9 Å². The highest BCUT2D eigenvalue weighted by molar-refractivity contribution is 7.21. The predicted molar refractivity (Wildman–Crippen MR) is 121 cm³/mol. The highest BCUT2D eigenvalue weighted by atomic mass is 32.1. The van der Waals surface area contributed by atoms with Crippen LogP contribution in [0.3, 0.4) is 0 Å². The third kappa shape index (κ3) is 4.53. The molecule has 1 aliphatic heterocycles. The molecule has 2 aromatic heterocycles. The first-order chi connectivity index (χ1) is 14.6. The van der Waals surface area contributed by atoms with Gasteiger partial charge in [0.05, 0.1) is 22.3 Å². The Morgan fingerprint density at radius 3 is 2.83 bits per heavy atom. The van der Waals surface area contributed by atoms with Crippen LogP contribution in [0.2, 0.25) is 0 Å². The smallest absolute Gasteiger partial charge is 0.318 e. The van der Waals surface area contributed by atoms with Gasteiger partial charge in [0, 0.05) is 37.9 Å². The number of nitrogens with one attached hydrogen (secondary N) is 1. The second-order valence-electron chi connectivity index (χ2n) is 7.03. The maximum atomic E-state index is 12.3. The van der Waals surface area contributed by atoms with Crippen molar-refractivity contribution in [2.24, 2.45) is 0 Å². The lowest BCUT2D eigenvalue weighted by molar-refractivity contribution is 0.144. The second kappa shape index (κ2) is 9.11. The summed E-state index contributed by atoms with van der Waals surface area (Å²) in [7, 11) is 0. The number of hydrogen-bond donors (Lipinski definition) is 2. The summed E-state index contributed by atoms with van der Waals surface area (Å²) in [6.45, 7) is 6.78. The van der Waals surface area contributed by atoms with Crippen molar-refractivity contribution in [3.8, 4) is 22.4 Å². The Morgan fingerprint density at radius 1 is 1.27 bits per heavy atom. The number of hydrogen-bond acceptors (Lipinski definition) is 6. The summed E-state index contributed by atoms with van der Waals surface area (Å²) in [6.07, 6.45) is 1.64. The van der Waals surface area contributed by atoms with Crippen LogP contribution in [-0.2, 0) is 0 Å². The Labute approximate surface area is 179 Å². The first kappa shape index (κ1) is 20.1. The number of likely N-dealkylation sites (N-methyl/N-ethyl adjacent to an activating group) is 1. The summed E-state index contributed by atoms with van der Waals surface area (Å²) in [5.74, 6) is 6.49. The van der Waals surface area contributed by atoms with Crippen molar-refractivity contribution in [3.05, 3.63) is 42.1 Å². The molecule has 0 radical (unpaired) electrons. The molecule has 30 heavy (non-hydrogen) atoms. The Bertz CT molecular complexity index is 1070. The molecule has 4 rings (SSSR count). The minimum Gasteiger partial charge on any atom is -0.383 e. The lowest BCUT2D eigenvalue weighted by Gasteiger charge is -2.33. The van der Waals surface area contributed by atoms with E-state index in [1.54, 1.807) is 17.5 Å². The van der Waals surface area contributed by atoms with Crippen molar-refractivity contribution in [2.45, 2.75) is 6.92 Å². The van der Waals surface area contributed by atoms with Gasteiger partial charge in [0.25, 0.3) is 0 Å². The van der Waals surface area contributed by atoms with E-state index in [2.05, 4.69) is 38.9 Å². The number of piperazine rings is 1. The number of pyridine rings is 1. The summed E-state index contributed by atoms with van der Waals surface area (Å²) in [5, 5.41) is 3.69. The molecule has 0 bridgehead atoms. The third-order valence-electron chi connectivity index (χ3n) is 5.11. The SMILES string of the molecule is CCN1CCN(C(=O)NCC#Cc2cnc(N)c(-c3nc4ccccc4s3)c2)CC1. The molecule has 0 spiro atoms. The van der Waals surface area contributed by atoms with E-state index in [1.807, 2.05) is 35.2 Å². The predicted octanol–water partition coefficient (Wildman–Crippen LogP) is 2.64. The molecule has 3 heterocycles. The van der Waals surface area contributed by atoms with Gasteiger partial charge in [0.2, 0.25) is 0 Å². The minimum absolute atomic E-state index is 0.0642. The van der Waals surface area contributed by atoms with Crippen LogP contribution in [0.25, 0.3) is 20.8 Å². The summed E-state index contributed by atoms with van der Waals surface area (Å²) in [6, 6.07) is 9.81. The number of nitrogens with zero attached hydrogens (tertiary/aromatic N) is 4. The highest BCUT2D eigenvalue weighted by Crippen LogP contribution is 2.32. The topological polar surface area (TPSA) is 87.4 Å². The number of benzene rings is 1. The Hall–Kier alpha value is -3.15. The zero-order valence-electron chi connectivity index (χ0n) is 16.9. The highest BCUT2D eigenvalue weighted by Gasteiger charge is 2.19. The van der Waals surface area contributed by atoms with E-state index in [-0.39, 0.29) is 12.6 Å². The van der Waals surface area contributed by atoms with Crippen molar-refractivity contribution < 1.29 is 4.79 Å². The number of nitrogens with two attached hydrogens (primary N) is 1. The van der Waals surface area contributed by atoms with Crippen molar-refractivity contribution >= 4 is 33.4 Å². The fraction of sp³-hybridized carbons (Fsp3) is 0.318. The molecular weight excluding hydrogens is 396 g/mol. The van der Waals surface area contributed by atoms with Crippen molar-refractivity contribution in [1.82, 2.24) is 25.1 Å². The lowest BCUT2D eigenvalue weighted by atomic mass is 10.2. The Balaban J connectivity index is 1.39. The van der Waals surface area contributed by atoms with Crippen molar-refractivity contribution in [2.75, 3.05) is 45.0 Å². The number of carbonyl (C=O) groups excluding carboxylic acids is 1. The molecule has 2 amide bonds. The van der Waals surface area contributed by atoms with Crippen LogP contribution in [0.5, 0.6) is 0 Å². The number of thiazole rings is 1. The molecule has 154 valence electrons. The largest absolute Gasteiger partial charge is 0.383 e. The first-order valence-corrected chi connectivity index (χ1v) is 10.8. The number of rotatable bonds is 3. The van der Waals surface area contributed by atoms with Gasteiger partial charge in [-0.2, -0.15) is 0 Å². The standard InChI is InChI=1S/C22H24N6OS/c1-2-27-10-12-28(13-11-27)22(29)24-9-5-6-16-14-17(20(23)25-15-16)21-26-18-7-3-4-8-19(18)30-21/h3-4,7-8,14-15H,2,9-13H2,1H3,(H2,23,25)(H,24,29). The van der Waals surface area contributed by atoms with Crippen LogP contribution in [0.4, 0.5) is 10.6 Å². The molecule has 0 aliphatic carbocycles. The van der Waals surface area contributed by atoms with Gasteiger partial charge in [-0.3, -0.25) is 0 Å². The van der Waals surface area contributed by atoms with Crippen molar-refractivity contribution in [1.29, 1.82) is 0 Å². The molecule has 1 aromatic carbocycles. The fourth-order valence-corrected chi connectivity index (χ4v) is 4.34. The van der Waals surface area contributed by atoms with E-state index >= 15 is 0 Å². The van der Waals surface area contributed by atoms with Gasteiger partial charge in [0.15, 0.2) is 0 Å². The molecule has 0 atom stereocenters. The zero-order valence-corrected chi connectivity index (χ0v) is 17.7. The van der Waals surface area contributed by atoms with E-state index in [1.165, 1.54) is 0 Å².